The van der Waals surface area contributed by atoms with Crippen molar-refractivity contribution in [2.45, 2.75) is 39.7 Å². The summed E-state index contributed by atoms with van der Waals surface area (Å²) in [4.78, 5) is 20.1. The van der Waals surface area contributed by atoms with Gasteiger partial charge in [0.15, 0.2) is 5.13 Å². The summed E-state index contributed by atoms with van der Waals surface area (Å²) < 4.78 is 13.9. The van der Waals surface area contributed by atoms with Crippen LogP contribution in [-0.2, 0) is 0 Å². The maximum absolute atomic E-state index is 13.9. The van der Waals surface area contributed by atoms with E-state index in [1.165, 1.54) is 17.4 Å². The minimum atomic E-state index is -0.452. The number of rotatable bonds is 3. The third-order valence-corrected chi connectivity index (χ3v) is 5.93. The minimum Gasteiger partial charge on any atom is -0.334 e. The molecule has 1 aliphatic heterocycles. The number of nitrogens with one attached hydrogen (secondary N) is 1. The Morgan fingerprint density at radius 1 is 1.44 bits per heavy atom. The van der Waals surface area contributed by atoms with Gasteiger partial charge in [-0.3, -0.25) is 4.79 Å². The van der Waals surface area contributed by atoms with Gasteiger partial charge in [0.2, 0.25) is 0 Å². The Morgan fingerprint density at radius 3 is 2.92 bits per heavy atom. The number of carbonyl (C=O) groups excluding carboxylic acids is 1. The van der Waals surface area contributed by atoms with Crippen LogP contribution in [0.2, 0.25) is 5.02 Å². The minimum absolute atomic E-state index is 0.0440. The maximum atomic E-state index is 13.9. The summed E-state index contributed by atoms with van der Waals surface area (Å²) in [5.41, 5.74) is 0.736. The summed E-state index contributed by atoms with van der Waals surface area (Å²) in [6, 6.07) is 4.61. The van der Waals surface area contributed by atoms with E-state index in [0.29, 0.717) is 21.8 Å². The van der Waals surface area contributed by atoms with E-state index >= 15 is 0 Å². The fourth-order valence-electron chi connectivity index (χ4n) is 3.11. The smallest absolute Gasteiger partial charge is 0.273 e. The molecule has 2 heterocycles. The molecule has 2 aromatic rings. The molecule has 3 rings (SSSR count). The molecule has 0 aliphatic carbocycles. The van der Waals surface area contributed by atoms with Crippen LogP contribution in [0.1, 0.15) is 42.1 Å². The van der Waals surface area contributed by atoms with E-state index in [1.54, 1.807) is 12.1 Å². The Hall–Kier alpha value is -1.66. The first-order chi connectivity index (χ1) is 11.9. The zero-order valence-electron chi connectivity index (χ0n) is 14.5. The van der Waals surface area contributed by atoms with Gasteiger partial charge >= 0.3 is 0 Å². The second-order valence-corrected chi connectivity index (χ2v) is 8.17. The van der Waals surface area contributed by atoms with Crippen LogP contribution in [0.4, 0.5) is 15.2 Å². The van der Waals surface area contributed by atoms with Crippen LogP contribution < -0.4 is 5.32 Å². The van der Waals surface area contributed by atoms with E-state index in [1.807, 2.05) is 11.8 Å². The molecule has 0 bridgehead atoms. The van der Waals surface area contributed by atoms with Crippen LogP contribution in [0, 0.1) is 18.7 Å². The van der Waals surface area contributed by atoms with Crippen LogP contribution in [0.3, 0.4) is 0 Å². The van der Waals surface area contributed by atoms with Gasteiger partial charge in [0, 0.05) is 22.5 Å². The number of aromatic nitrogens is 1. The number of carbonyl (C=O) groups is 1. The van der Waals surface area contributed by atoms with Gasteiger partial charge in [-0.25, -0.2) is 9.37 Å². The molecule has 7 heteroatoms. The fourth-order valence-corrected chi connectivity index (χ4v) is 4.09. The average Bonchev–Trinajstić information content (AvgIpc) is 2.93. The standard InChI is InChI=1S/C18H21ClFN3OS/c1-10-5-4-8-23(11(10)2)17(24)16-12(3)25-18(22-16)21-15-7-6-13(19)9-14(15)20/h6-7,9-11H,4-5,8H2,1-3H3,(H,21,22)/t10-,11-/m1/s1. The summed E-state index contributed by atoms with van der Waals surface area (Å²) in [7, 11) is 0. The molecule has 0 saturated carbocycles. The molecular formula is C18H21ClFN3OS. The number of likely N-dealkylation sites (tertiary alicyclic amines) is 1. The van der Waals surface area contributed by atoms with Crippen LogP contribution in [0.5, 0.6) is 0 Å². The molecule has 25 heavy (non-hydrogen) atoms. The quantitative estimate of drug-likeness (QED) is 0.789. The zero-order chi connectivity index (χ0) is 18.1. The molecule has 1 aromatic carbocycles. The molecule has 1 aliphatic rings. The molecule has 1 saturated heterocycles. The van der Waals surface area contributed by atoms with E-state index < -0.39 is 5.82 Å². The number of benzene rings is 1. The van der Waals surface area contributed by atoms with Crippen molar-refractivity contribution < 1.29 is 9.18 Å². The number of anilines is 2. The Bertz CT molecular complexity index is 795. The second kappa shape index (κ2) is 7.30. The summed E-state index contributed by atoms with van der Waals surface area (Å²) >= 11 is 7.12. The number of hydrogen-bond acceptors (Lipinski definition) is 4. The highest BCUT2D eigenvalue weighted by atomic mass is 35.5. The number of amides is 1. The van der Waals surface area contributed by atoms with E-state index in [9.17, 15) is 9.18 Å². The summed E-state index contributed by atoms with van der Waals surface area (Å²) in [5.74, 6) is -0.0125. The molecule has 0 unspecified atom stereocenters. The molecule has 1 aromatic heterocycles. The number of aryl methyl sites for hydroxylation is 1. The van der Waals surface area contributed by atoms with Crippen LogP contribution >= 0.6 is 22.9 Å². The normalized spacial score (nSPS) is 20.6. The van der Waals surface area contributed by atoms with Crippen molar-refractivity contribution in [3.63, 3.8) is 0 Å². The van der Waals surface area contributed by atoms with Gasteiger partial charge in [0.05, 0.1) is 5.69 Å². The topological polar surface area (TPSA) is 45.2 Å². The van der Waals surface area contributed by atoms with Gasteiger partial charge in [-0.1, -0.05) is 18.5 Å². The highest BCUT2D eigenvalue weighted by molar-refractivity contribution is 7.15. The molecule has 0 radical (unpaired) electrons. The third-order valence-electron chi connectivity index (χ3n) is 4.81. The van der Waals surface area contributed by atoms with Crippen molar-refractivity contribution in [1.82, 2.24) is 9.88 Å². The molecular weight excluding hydrogens is 361 g/mol. The monoisotopic (exact) mass is 381 g/mol. The molecule has 1 N–H and O–H groups in total. The van der Waals surface area contributed by atoms with Gasteiger partial charge < -0.3 is 10.2 Å². The lowest BCUT2D eigenvalue weighted by Crippen LogP contribution is -2.46. The van der Waals surface area contributed by atoms with Crippen molar-refractivity contribution >= 4 is 39.7 Å². The predicted molar refractivity (Wildman–Crippen MR) is 100 cm³/mol. The van der Waals surface area contributed by atoms with Crippen LogP contribution in [0.15, 0.2) is 18.2 Å². The van der Waals surface area contributed by atoms with E-state index in [2.05, 4.69) is 24.1 Å². The maximum Gasteiger partial charge on any atom is 0.273 e. The average molecular weight is 382 g/mol. The number of halogens is 2. The fraction of sp³-hybridized carbons (Fsp3) is 0.444. The van der Waals surface area contributed by atoms with Crippen molar-refractivity contribution in [2.75, 3.05) is 11.9 Å². The third kappa shape index (κ3) is 3.80. The van der Waals surface area contributed by atoms with Gasteiger partial charge in [-0.15, -0.1) is 11.3 Å². The van der Waals surface area contributed by atoms with Gasteiger partial charge in [0.1, 0.15) is 11.5 Å². The predicted octanol–water partition coefficient (Wildman–Crippen LogP) is 5.25. The highest BCUT2D eigenvalue weighted by Gasteiger charge is 2.31. The van der Waals surface area contributed by atoms with Crippen molar-refractivity contribution in [2.24, 2.45) is 5.92 Å². The lowest BCUT2D eigenvalue weighted by atomic mass is 9.92. The molecule has 1 amide bonds. The Labute approximate surface area is 156 Å². The highest BCUT2D eigenvalue weighted by Crippen LogP contribution is 2.30. The molecule has 2 atom stereocenters. The van der Waals surface area contributed by atoms with Gasteiger partial charge in [-0.05, 0) is 50.8 Å². The Kier molecular flexibility index (Phi) is 5.29. The van der Waals surface area contributed by atoms with E-state index in [4.69, 9.17) is 11.6 Å². The van der Waals surface area contributed by atoms with Crippen LogP contribution in [0.25, 0.3) is 0 Å². The lowest BCUT2D eigenvalue weighted by Gasteiger charge is -2.37. The summed E-state index contributed by atoms with van der Waals surface area (Å²) in [5, 5.41) is 3.78. The summed E-state index contributed by atoms with van der Waals surface area (Å²) in [6.07, 6.45) is 2.16. The second-order valence-electron chi connectivity index (χ2n) is 6.53. The largest absolute Gasteiger partial charge is 0.334 e. The number of piperidine rings is 1. The SMILES string of the molecule is Cc1sc(Nc2ccc(Cl)cc2F)nc1C(=O)N1CCC[C@@H](C)[C@H]1C. The molecule has 0 spiro atoms. The first-order valence-electron chi connectivity index (χ1n) is 8.37. The van der Waals surface area contributed by atoms with Crippen molar-refractivity contribution in [3.8, 4) is 0 Å². The van der Waals surface area contributed by atoms with Crippen LogP contribution in [-0.4, -0.2) is 28.4 Å². The molecule has 134 valence electrons. The van der Waals surface area contributed by atoms with E-state index in [0.717, 1.165) is 24.3 Å². The van der Waals surface area contributed by atoms with Gasteiger partial charge in [-0.2, -0.15) is 0 Å². The molecule has 4 nitrogen and oxygen atoms in total. The van der Waals surface area contributed by atoms with Crippen molar-refractivity contribution in [1.29, 1.82) is 0 Å². The number of thiazole rings is 1. The van der Waals surface area contributed by atoms with E-state index in [-0.39, 0.29) is 17.6 Å². The number of hydrogen-bond donors (Lipinski definition) is 1. The first kappa shape index (κ1) is 18.1. The summed E-state index contributed by atoms with van der Waals surface area (Å²) in [6.45, 7) is 6.89. The molecule has 1 fully saturated rings. The first-order valence-corrected chi connectivity index (χ1v) is 9.56. The number of nitrogens with zero attached hydrogens (tertiary/aromatic N) is 2. The Morgan fingerprint density at radius 2 is 2.20 bits per heavy atom. The Balaban J connectivity index is 1.81. The lowest BCUT2D eigenvalue weighted by molar-refractivity contribution is 0.0545. The zero-order valence-corrected chi connectivity index (χ0v) is 16.0. The van der Waals surface area contributed by atoms with Crippen molar-refractivity contribution in [3.05, 3.63) is 39.6 Å². The van der Waals surface area contributed by atoms with Gasteiger partial charge in [0.25, 0.3) is 5.91 Å².